The lowest BCUT2D eigenvalue weighted by atomic mass is 10.1. The molecule has 150 valence electrons. The number of hydrogen-bond donors (Lipinski definition) is 0. The van der Waals surface area contributed by atoms with E-state index in [0.717, 1.165) is 22.4 Å². The summed E-state index contributed by atoms with van der Waals surface area (Å²) in [5.41, 5.74) is 2.89. The van der Waals surface area contributed by atoms with Crippen molar-refractivity contribution in [3.05, 3.63) is 59.2 Å². The molecule has 2 aromatic rings. The van der Waals surface area contributed by atoms with E-state index in [1.165, 1.54) is 7.11 Å². The Kier molecular flexibility index (Phi) is 7.87. The average Bonchev–Trinajstić information content (AvgIpc) is 2.70. The third-order valence-electron chi connectivity index (χ3n) is 4.45. The topological polar surface area (TPSA) is 65.1 Å². The molecule has 0 saturated heterocycles. The van der Waals surface area contributed by atoms with Crippen LogP contribution in [0, 0.1) is 13.8 Å². The van der Waals surface area contributed by atoms with Gasteiger partial charge in [0.1, 0.15) is 11.5 Å². The van der Waals surface area contributed by atoms with Crippen LogP contribution in [0.15, 0.2) is 42.5 Å². The minimum atomic E-state index is -0.358. The van der Waals surface area contributed by atoms with E-state index < -0.39 is 0 Å². The second-order valence-electron chi connectivity index (χ2n) is 6.50. The Morgan fingerprint density at radius 3 is 2.18 bits per heavy atom. The first-order chi connectivity index (χ1) is 13.4. The predicted molar refractivity (Wildman–Crippen MR) is 106 cm³/mol. The van der Waals surface area contributed by atoms with Gasteiger partial charge in [-0.05, 0) is 42.7 Å². The van der Waals surface area contributed by atoms with Crippen molar-refractivity contribution in [2.24, 2.45) is 0 Å². The van der Waals surface area contributed by atoms with Crippen LogP contribution < -0.4 is 9.47 Å². The highest BCUT2D eigenvalue weighted by Crippen LogP contribution is 2.22. The number of hydrogen-bond acceptors (Lipinski definition) is 5. The van der Waals surface area contributed by atoms with Crippen LogP contribution in [0.5, 0.6) is 11.5 Å². The fourth-order valence-electron chi connectivity index (χ4n) is 2.82. The Morgan fingerprint density at radius 1 is 0.964 bits per heavy atom. The van der Waals surface area contributed by atoms with Gasteiger partial charge in [0, 0.05) is 13.1 Å². The second-order valence-corrected chi connectivity index (χ2v) is 6.50. The highest BCUT2D eigenvalue weighted by molar-refractivity contribution is 5.78. The molecule has 1 amide bonds. The molecule has 28 heavy (non-hydrogen) atoms. The van der Waals surface area contributed by atoms with Crippen LogP contribution in [-0.4, -0.2) is 44.1 Å². The van der Waals surface area contributed by atoms with Crippen molar-refractivity contribution in [3.8, 4) is 11.5 Å². The molecule has 0 aromatic heterocycles. The van der Waals surface area contributed by atoms with Gasteiger partial charge in [-0.1, -0.05) is 30.3 Å². The molecule has 0 unspecified atom stereocenters. The summed E-state index contributed by atoms with van der Waals surface area (Å²) in [4.78, 5) is 25.9. The summed E-state index contributed by atoms with van der Waals surface area (Å²) in [6.07, 6.45) is 0.127. The zero-order valence-electron chi connectivity index (χ0n) is 16.9. The number of aryl methyl sites for hydroxylation is 2. The summed E-state index contributed by atoms with van der Waals surface area (Å²) in [6.45, 7) is 4.42. The summed E-state index contributed by atoms with van der Waals surface area (Å²) >= 11 is 0. The molecule has 0 atom stereocenters. The van der Waals surface area contributed by atoms with E-state index in [0.29, 0.717) is 12.3 Å². The van der Waals surface area contributed by atoms with Crippen molar-refractivity contribution >= 4 is 11.9 Å². The molecule has 0 radical (unpaired) electrons. The molecule has 0 fully saturated rings. The molecule has 2 rings (SSSR count). The SMILES string of the molecule is COC(=O)CCN(Cc1ccc(OC)cc1)C(=O)COc1c(C)cccc1C. The van der Waals surface area contributed by atoms with E-state index in [9.17, 15) is 9.59 Å². The summed E-state index contributed by atoms with van der Waals surface area (Å²) in [5, 5.41) is 0. The van der Waals surface area contributed by atoms with E-state index in [4.69, 9.17) is 14.2 Å². The van der Waals surface area contributed by atoms with Crippen LogP contribution in [0.4, 0.5) is 0 Å². The van der Waals surface area contributed by atoms with E-state index in [1.807, 2.05) is 56.3 Å². The second kappa shape index (κ2) is 10.3. The Bertz CT molecular complexity index is 781. The van der Waals surface area contributed by atoms with Crippen LogP contribution in [0.2, 0.25) is 0 Å². The van der Waals surface area contributed by atoms with Crippen molar-refractivity contribution in [2.45, 2.75) is 26.8 Å². The van der Waals surface area contributed by atoms with E-state index >= 15 is 0 Å². The van der Waals surface area contributed by atoms with Crippen LogP contribution in [-0.2, 0) is 20.9 Å². The molecule has 2 aromatic carbocycles. The van der Waals surface area contributed by atoms with Crippen molar-refractivity contribution < 1.29 is 23.8 Å². The number of benzene rings is 2. The monoisotopic (exact) mass is 385 g/mol. The number of carbonyl (C=O) groups is 2. The quantitative estimate of drug-likeness (QED) is 0.620. The highest BCUT2D eigenvalue weighted by Gasteiger charge is 2.17. The lowest BCUT2D eigenvalue weighted by molar-refractivity contribution is -0.142. The molecule has 0 spiro atoms. The fraction of sp³-hybridized carbons (Fsp3) is 0.364. The largest absolute Gasteiger partial charge is 0.497 e. The van der Waals surface area contributed by atoms with Crippen molar-refractivity contribution in [1.82, 2.24) is 4.90 Å². The molecular weight excluding hydrogens is 358 g/mol. The first-order valence-corrected chi connectivity index (χ1v) is 9.11. The first kappa shape index (κ1) is 21.3. The van der Waals surface area contributed by atoms with E-state index in [2.05, 4.69) is 0 Å². The molecule has 0 bridgehead atoms. The normalized spacial score (nSPS) is 10.3. The third-order valence-corrected chi connectivity index (χ3v) is 4.45. The van der Waals surface area contributed by atoms with E-state index in [-0.39, 0.29) is 31.4 Å². The lowest BCUT2D eigenvalue weighted by Crippen LogP contribution is -2.36. The lowest BCUT2D eigenvalue weighted by Gasteiger charge is -2.23. The number of methoxy groups -OCH3 is 2. The zero-order chi connectivity index (χ0) is 20.5. The maximum absolute atomic E-state index is 12.8. The fourth-order valence-corrected chi connectivity index (χ4v) is 2.82. The van der Waals surface area contributed by atoms with Gasteiger partial charge in [-0.15, -0.1) is 0 Å². The molecule has 6 heteroatoms. The highest BCUT2D eigenvalue weighted by atomic mass is 16.5. The number of ether oxygens (including phenoxy) is 3. The average molecular weight is 385 g/mol. The van der Waals surface area contributed by atoms with Gasteiger partial charge in [-0.3, -0.25) is 9.59 Å². The molecule has 0 saturated carbocycles. The van der Waals surface area contributed by atoms with Gasteiger partial charge < -0.3 is 19.1 Å². The predicted octanol–water partition coefficient (Wildman–Crippen LogP) is 3.28. The molecule has 0 aliphatic heterocycles. The van der Waals surface area contributed by atoms with Crippen molar-refractivity contribution in [3.63, 3.8) is 0 Å². The minimum absolute atomic E-state index is 0.0942. The van der Waals surface area contributed by atoms with Gasteiger partial charge >= 0.3 is 5.97 Å². The smallest absolute Gasteiger partial charge is 0.307 e. The summed E-state index contributed by atoms with van der Waals surface area (Å²) in [6, 6.07) is 13.3. The molecular formula is C22H27NO5. The minimum Gasteiger partial charge on any atom is -0.497 e. The summed E-state index contributed by atoms with van der Waals surface area (Å²) in [5.74, 6) is 0.910. The molecule has 6 nitrogen and oxygen atoms in total. The van der Waals surface area contributed by atoms with Gasteiger partial charge in [0.2, 0.25) is 0 Å². The van der Waals surface area contributed by atoms with Gasteiger partial charge in [0.15, 0.2) is 6.61 Å². The van der Waals surface area contributed by atoms with Crippen LogP contribution in [0.25, 0.3) is 0 Å². The van der Waals surface area contributed by atoms with E-state index in [1.54, 1.807) is 12.0 Å². The molecule has 0 heterocycles. The van der Waals surface area contributed by atoms with Crippen molar-refractivity contribution in [1.29, 1.82) is 0 Å². The number of rotatable bonds is 9. The number of carbonyl (C=O) groups excluding carboxylic acids is 2. The number of esters is 1. The Hall–Kier alpha value is -3.02. The molecule has 0 aliphatic carbocycles. The molecule has 0 N–H and O–H groups in total. The molecule has 0 aliphatic rings. The first-order valence-electron chi connectivity index (χ1n) is 9.11. The van der Waals surface area contributed by atoms with Crippen LogP contribution in [0.3, 0.4) is 0 Å². The summed E-state index contributed by atoms with van der Waals surface area (Å²) in [7, 11) is 2.94. The van der Waals surface area contributed by atoms with Gasteiger partial charge in [-0.25, -0.2) is 0 Å². The van der Waals surface area contributed by atoms with Gasteiger partial charge in [-0.2, -0.15) is 0 Å². The Morgan fingerprint density at radius 2 is 1.61 bits per heavy atom. The summed E-state index contributed by atoms with van der Waals surface area (Å²) < 4.78 is 15.7. The van der Waals surface area contributed by atoms with Crippen LogP contribution in [0.1, 0.15) is 23.1 Å². The van der Waals surface area contributed by atoms with Gasteiger partial charge in [0.25, 0.3) is 5.91 Å². The maximum Gasteiger partial charge on any atom is 0.307 e. The Balaban J connectivity index is 2.07. The van der Waals surface area contributed by atoms with Crippen LogP contribution >= 0.6 is 0 Å². The number of para-hydroxylation sites is 1. The Labute approximate surface area is 166 Å². The van der Waals surface area contributed by atoms with Crippen molar-refractivity contribution in [2.75, 3.05) is 27.4 Å². The maximum atomic E-state index is 12.8. The number of amides is 1. The standard InChI is InChI=1S/C22H27NO5/c1-16-6-5-7-17(2)22(16)28-15-20(24)23(13-12-21(25)27-4)14-18-8-10-19(26-3)11-9-18/h5-11H,12-15H2,1-4H3. The van der Waals surface area contributed by atoms with Gasteiger partial charge in [0.05, 0.1) is 20.6 Å². The third kappa shape index (κ3) is 6.01. The zero-order valence-corrected chi connectivity index (χ0v) is 16.9. The number of nitrogens with zero attached hydrogens (tertiary/aromatic N) is 1.